The van der Waals surface area contributed by atoms with Gasteiger partial charge in [0.05, 0.1) is 6.61 Å². The molecule has 32 heavy (non-hydrogen) atoms. The van der Waals surface area contributed by atoms with E-state index in [-0.39, 0.29) is 33.8 Å². The zero-order chi connectivity index (χ0) is 23.2. The predicted octanol–water partition coefficient (Wildman–Crippen LogP) is -0.245. The molecule has 1 aromatic heterocycles. The first kappa shape index (κ1) is 21.9. The number of fused-ring (bicyclic) bond motifs is 1. The number of hydrogen-bond acceptors (Lipinski definition) is 11. The van der Waals surface area contributed by atoms with Gasteiger partial charge < -0.3 is 49.6 Å². The SMILES string of the molecule is O=c1cc(-c2ccc(O)c(O)c2)oc2cc(O[C@@H]3O[C@@H](CO)[C@@H](O)[C@@H](O)[C@@H]3O)cc(O)c12. The Morgan fingerprint density at radius 2 is 1.62 bits per heavy atom. The summed E-state index contributed by atoms with van der Waals surface area (Å²) in [6.07, 6.45) is -7.61. The second kappa shape index (κ2) is 8.30. The summed E-state index contributed by atoms with van der Waals surface area (Å²) in [5.41, 5.74) is -0.413. The molecule has 3 aromatic rings. The van der Waals surface area contributed by atoms with Gasteiger partial charge in [0.25, 0.3) is 0 Å². The molecule has 0 bridgehead atoms. The molecule has 2 heterocycles. The molecule has 1 fully saturated rings. The summed E-state index contributed by atoms with van der Waals surface area (Å²) >= 11 is 0. The molecule has 1 saturated heterocycles. The van der Waals surface area contributed by atoms with E-state index in [1.165, 1.54) is 24.3 Å². The Hall–Kier alpha value is -3.35. The van der Waals surface area contributed by atoms with Crippen LogP contribution in [0.15, 0.2) is 45.6 Å². The summed E-state index contributed by atoms with van der Waals surface area (Å²) in [7, 11) is 0. The van der Waals surface area contributed by atoms with Crippen LogP contribution in [0.1, 0.15) is 0 Å². The third kappa shape index (κ3) is 3.83. The van der Waals surface area contributed by atoms with Crippen molar-refractivity contribution in [3.8, 4) is 34.3 Å². The van der Waals surface area contributed by atoms with Gasteiger partial charge in [-0.25, -0.2) is 0 Å². The molecule has 0 spiro atoms. The minimum absolute atomic E-state index is 0.0298. The molecular weight excluding hydrogens is 428 g/mol. The van der Waals surface area contributed by atoms with Crippen molar-refractivity contribution in [3.05, 3.63) is 46.6 Å². The lowest BCUT2D eigenvalue weighted by molar-refractivity contribution is -0.277. The minimum Gasteiger partial charge on any atom is -0.507 e. The summed E-state index contributed by atoms with van der Waals surface area (Å²) in [4.78, 5) is 12.5. The van der Waals surface area contributed by atoms with Crippen molar-refractivity contribution >= 4 is 11.0 Å². The molecule has 170 valence electrons. The van der Waals surface area contributed by atoms with Gasteiger partial charge in [-0.2, -0.15) is 0 Å². The Bertz CT molecular complexity index is 1200. The maximum Gasteiger partial charge on any atom is 0.229 e. The first-order chi connectivity index (χ1) is 15.2. The van der Waals surface area contributed by atoms with Crippen molar-refractivity contribution in [2.24, 2.45) is 0 Å². The van der Waals surface area contributed by atoms with Crippen LogP contribution in [0.5, 0.6) is 23.0 Å². The highest BCUT2D eigenvalue weighted by Crippen LogP contribution is 2.35. The monoisotopic (exact) mass is 448 g/mol. The quantitative estimate of drug-likeness (QED) is 0.261. The highest BCUT2D eigenvalue weighted by molar-refractivity contribution is 5.86. The lowest BCUT2D eigenvalue weighted by Crippen LogP contribution is -2.60. The van der Waals surface area contributed by atoms with Gasteiger partial charge in [-0.3, -0.25) is 4.79 Å². The molecule has 0 amide bonds. The molecule has 2 aromatic carbocycles. The highest BCUT2D eigenvalue weighted by atomic mass is 16.7. The zero-order valence-electron chi connectivity index (χ0n) is 16.3. The van der Waals surface area contributed by atoms with Gasteiger partial charge in [0.15, 0.2) is 16.9 Å². The van der Waals surface area contributed by atoms with E-state index in [1.54, 1.807) is 0 Å². The van der Waals surface area contributed by atoms with Gasteiger partial charge in [0.2, 0.25) is 6.29 Å². The summed E-state index contributed by atoms with van der Waals surface area (Å²) in [6.45, 7) is -0.647. The smallest absolute Gasteiger partial charge is 0.229 e. The van der Waals surface area contributed by atoms with E-state index in [0.29, 0.717) is 0 Å². The van der Waals surface area contributed by atoms with E-state index in [0.717, 1.165) is 12.1 Å². The summed E-state index contributed by atoms with van der Waals surface area (Å²) in [5.74, 6) is -1.34. The number of phenolic OH excluding ortho intramolecular Hbond substituents is 3. The zero-order valence-corrected chi connectivity index (χ0v) is 16.3. The number of phenols is 3. The van der Waals surface area contributed by atoms with Crippen LogP contribution in [0.25, 0.3) is 22.3 Å². The van der Waals surface area contributed by atoms with E-state index in [2.05, 4.69) is 0 Å². The molecule has 7 N–H and O–H groups in total. The molecular formula is C21H20O11. The van der Waals surface area contributed by atoms with Crippen molar-refractivity contribution in [1.82, 2.24) is 0 Å². The summed E-state index contributed by atoms with van der Waals surface area (Å²) < 4.78 is 16.4. The molecule has 0 unspecified atom stereocenters. The van der Waals surface area contributed by atoms with Gasteiger partial charge in [-0.15, -0.1) is 0 Å². The molecule has 0 saturated carbocycles. The molecule has 0 radical (unpaired) electrons. The van der Waals surface area contributed by atoms with Gasteiger partial charge in [0.1, 0.15) is 52.6 Å². The Morgan fingerprint density at radius 1 is 0.875 bits per heavy atom. The molecule has 11 nitrogen and oxygen atoms in total. The maximum atomic E-state index is 12.5. The highest BCUT2D eigenvalue weighted by Gasteiger charge is 2.44. The van der Waals surface area contributed by atoms with Crippen LogP contribution in [-0.4, -0.2) is 73.1 Å². The molecule has 1 aliphatic heterocycles. The number of aliphatic hydroxyl groups excluding tert-OH is 4. The molecule has 0 aliphatic carbocycles. The number of aliphatic hydroxyl groups is 4. The lowest BCUT2D eigenvalue weighted by Gasteiger charge is -2.39. The maximum absolute atomic E-state index is 12.5. The second-order valence-electron chi connectivity index (χ2n) is 7.31. The third-order valence-corrected chi connectivity index (χ3v) is 5.14. The van der Waals surface area contributed by atoms with E-state index in [4.69, 9.17) is 13.9 Å². The lowest BCUT2D eigenvalue weighted by atomic mass is 9.99. The van der Waals surface area contributed by atoms with Gasteiger partial charge in [-0.05, 0) is 18.2 Å². The van der Waals surface area contributed by atoms with Crippen LogP contribution in [0, 0.1) is 0 Å². The van der Waals surface area contributed by atoms with Crippen molar-refractivity contribution < 1.29 is 49.6 Å². The Kier molecular flexibility index (Phi) is 5.67. The minimum atomic E-state index is -1.68. The van der Waals surface area contributed by atoms with Crippen molar-refractivity contribution in [2.45, 2.75) is 30.7 Å². The van der Waals surface area contributed by atoms with Gasteiger partial charge >= 0.3 is 0 Å². The fraction of sp³-hybridized carbons (Fsp3) is 0.286. The van der Waals surface area contributed by atoms with Crippen LogP contribution in [0.4, 0.5) is 0 Å². The van der Waals surface area contributed by atoms with E-state index >= 15 is 0 Å². The van der Waals surface area contributed by atoms with Crippen molar-refractivity contribution in [2.75, 3.05) is 6.61 Å². The van der Waals surface area contributed by atoms with Crippen LogP contribution in [0.3, 0.4) is 0 Å². The first-order valence-corrected chi connectivity index (χ1v) is 9.50. The molecule has 4 rings (SSSR count). The summed E-state index contributed by atoms with van der Waals surface area (Å²) in [6, 6.07) is 7.23. The van der Waals surface area contributed by atoms with Crippen molar-refractivity contribution in [3.63, 3.8) is 0 Å². The number of benzene rings is 2. The Morgan fingerprint density at radius 3 is 2.31 bits per heavy atom. The van der Waals surface area contributed by atoms with Crippen LogP contribution in [0.2, 0.25) is 0 Å². The van der Waals surface area contributed by atoms with E-state index in [9.17, 15) is 40.5 Å². The summed E-state index contributed by atoms with van der Waals surface area (Å²) in [5, 5.41) is 68.5. The van der Waals surface area contributed by atoms with Crippen LogP contribution >= 0.6 is 0 Å². The largest absolute Gasteiger partial charge is 0.507 e. The number of rotatable bonds is 4. The van der Waals surface area contributed by atoms with Gasteiger partial charge in [0, 0.05) is 23.8 Å². The number of aromatic hydroxyl groups is 3. The standard InChI is InChI=1S/C21H20O11/c22-7-16-18(27)19(28)20(29)21(32-16)30-9-4-12(25)17-13(26)6-14(31-15(17)5-9)8-1-2-10(23)11(24)3-8/h1-6,16,18-25,27-29H,7H2/t16-,18+,19+,20-,21+/m0/s1. The molecule has 1 aliphatic rings. The predicted molar refractivity (Wildman–Crippen MR) is 107 cm³/mol. The second-order valence-corrected chi connectivity index (χ2v) is 7.31. The number of ether oxygens (including phenoxy) is 2. The first-order valence-electron chi connectivity index (χ1n) is 9.50. The number of hydrogen-bond donors (Lipinski definition) is 7. The Balaban J connectivity index is 1.72. The topological polar surface area (TPSA) is 190 Å². The molecule has 11 heteroatoms. The van der Waals surface area contributed by atoms with Crippen LogP contribution < -0.4 is 10.2 Å². The average molecular weight is 448 g/mol. The average Bonchev–Trinajstić information content (AvgIpc) is 2.75. The fourth-order valence-electron chi connectivity index (χ4n) is 3.43. The third-order valence-electron chi connectivity index (χ3n) is 5.14. The van der Waals surface area contributed by atoms with Crippen molar-refractivity contribution in [1.29, 1.82) is 0 Å². The fourth-order valence-corrected chi connectivity index (χ4v) is 3.43. The normalized spacial score (nSPS) is 25.7. The van der Waals surface area contributed by atoms with Crippen LogP contribution in [-0.2, 0) is 4.74 Å². The van der Waals surface area contributed by atoms with E-state index in [1.807, 2.05) is 0 Å². The van der Waals surface area contributed by atoms with E-state index < -0.39 is 54.2 Å². The molecule has 5 atom stereocenters. The Labute approximate surface area is 179 Å². The van der Waals surface area contributed by atoms with Gasteiger partial charge in [-0.1, -0.05) is 0 Å².